The smallest absolute Gasteiger partial charge is 0.253 e. The third kappa shape index (κ3) is 4.55. The molecule has 0 amide bonds. The predicted octanol–water partition coefficient (Wildman–Crippen LogP) is 3.97. The molecule has 2 aliphatic rings. The van der Waals surface area contributed by atoms with Crippen molar-refractivity contribution in [1.82, 2.24) is 19.9 Å². The van der Waals surface area contributed by atoms with Crippen molar-refractivity contribution < 1.29 is 0 Å². The molecule has 1 saturated heterocycles. The van der Waals surface area contributed by atoms with Gasteiger partial charge in [0.15, 0.2) is 0 Å². The summed E-state index contributed by atoms with van der Waals surface area (Å²) in [5.41, 5.74) is 4.01. The molecule has 7 heteroatoms. The molecule has 1 aromatic carbocycles. The van der Waals surface area contributed by atoms with E-state index in [0.29, 0.717) is 17.3 Å². The van der Waals surface area contributed by atoms with Gasteiger partial charge in [0.2, 0.25) is 0 Å². The summed E-state index contributed by atoms with van der Waals surface area (Å²) in [7, 11) is 0. The summed E-state index contributed by atoms with van der Waals surface area (Å²) >= 11 is 0. The van der Waals surface area contributed by atoms with Crippen LogP contribution in [-0.2, 0) is 0 Å². The van der Waals surface area contributed by atoms with Crippen molar-refractivity contribution in [3.63, 3.8) is 0 Å². The summed E-state index contributed by atoms with van der Waals surface area (Å²) in [5, 5.41) is 20.1. The number of hydrogen-bond acceptors (Lipinski definition) is 5. The number of nitriles is 1. The van der Waals surface area contributed by atoms with E-state index in [1.165, 1.54) is 44.8 Å². The Kier molecular flexibility index (Phi) is 6.15. The van der Waals surface area contributed by atoms with Crippen molar-refractivity contribution in [3.05, 3.63) is 57.5 Å². The van der Waals surface area contributed by atoms with Gasteiger partial charge in [-0.15, -0.1) is 0 Å². The number of piperidine rings is 1. The standard InChI is InChI=1S/C18H17N5O.C5H11N/c1-11-5-12(9-19)7-14(6-11)21-16-8-17(24)22-18-15(10-20-23(16)18)13-3-2-4-13;1-2-4-6-5-3-1/h5-8,10,13,21H,2-4H2,1H3,(H,22,24);6H,1-5H2. The Hall–Kier alpha value is -3.11. The molecule has 5 rings (SSSR count). The molecule has 2 aromatic heterocycles. The normalized spacial score (nSPS) is 16.3. The highest BCUT2D eigenvalue weighted by Gasteiger charge is 2.24. The van der Waals surface area contributed by atoms with Gasteiger partial charge in [0.25, 0.3) is 5.56 Å². The lowest BCUT2D eigenvalue weighted by Crippen LogP contribution is -2.21. The van der Waals surface area contributed by atoms with E-state index < -0.39 is 0 Å². The van der Waals surface area contributed by atoms with Crippen molar-refractivity contribution >= 4 is 17.2 Å². The summed E-state index contributed by atoms with van der Waals surface area (Å²) < 4.78 is 1.73. The van der Waals surface area contributed by atoms with Gasteiger partial charge in [-0.25, -0.2) is 4.52 Å². The van der Waals surface area contributed by atoms with Gasteiger partial charge in [-0.05, 0) is 75.4 Å². The van der Waals surface area contributed by atoms with Crippen LogP contribution in [0, 0.1) is 18.3 Å². The first-order valence-corrected chi connectivity index (χ1v) is 10.7. The summed E-state index contributed by atoms with van der Waals surface area (Å²) in [6.07, 6.45) is 9.57. The number of aromatic nitrogens is 3. The van der Waals surface area contributed by atoms with Crippen molar-refractivity contribution in [3.8, 4) is 6.07 Å². The van der Waals surface area contributed by atoms with Crippen LogP contribution in [0.3, 0.4) is 0 Å². The molecule has 0 radical (unpaired) electrons. The molecule has 3 aromatic rings. The van der Waals surface area contributed by atoms with Gasteiger partial charge in [-0.2, -0.15) is 10.4 Å². The fraction of sp³-hybridized carbons (Fsp3) is 0.435. The van der Waals surface area contributed by atoms with Crippen molar-refractivity contribution in [2.45, 2.75) is 51.4 Å². The van der Waals surface area contributed by atoms with Crippen molar-refractivity contribution in [2.24, 2.45) is 0 Å². The summed E-state index contributed by atoms with van der Waals surface area (Å²) in [5.74, 6) is 1.08. The van der Waals surface area contributed by atoms with Gasteiger partial charge in [-0.1, -0.05) is 12.8 Å². The molecule has 0 unspecified atom stereocenters. The molecular weight excluding hydrogens is 376 g/mol. The quantitative estimate of drug-likeness (QED) is 0.613. The Bertz CT molecular complexity index is 1100. The zero-order chi connectivity index (χ0) is 20.9. The SMILES string of the molecule is C1CCNCC1.Cc1cc(C#N)cc(Nc2cc(=O)[nH]c3c(C4CCC4)cnn23)c1. The second-order valence-corrected chi connectivity index (χ2v) is 8.14. The molecule has 0 atom stereocenters. The van der Waals surface area contributed by atoms with Crippen molar-refractivity contribution in [1.29, 1.82) is 5.26 Å². The Morgan fingerprint density at radius 2 is 1.93 bits per heavy atom. The number of aryl methyl sites for hydroxylation is 1. The number of anilines is 2. The third-order valence-corrected chi connectivity index (χ3v) is 5.77. The molecule has 1 aliphatic heterocycles. The first kappa shape index (κ1) is 20.2. The van der Waals surface area contributed by atoms with E-state index in [-0.39, 0.29) is 5.56 Å². The number of rotatable bonds is 3. The van der Waals surface area contributed by atoms with E-state index in [0.717, 1.165) is 35.3 Å². The fourth-order valence-corrected chi connectivity index (χ4v) is 3.98. The molecule has 30 heavy (non-hydrogen) atoms. The maximum atomic E-state index is 12.1. The zero-order valence-corrected chi connectivity index (χ0v) is 17.4. The number of H-pyrrole nitrogens is 1. The van der Waals surface area contributed by atoms with Crippen LogP contribution in [0.15, 0.2) is 35.3 Å². The molecule has 3 N–H and O–H groups in total. The Labute approximate surface area is 176 Å². The minimum atomic E-state index is -0.167. The first-order chi connectivity index (χ1) is 14.6. The third-order valence-electron chi connectivity index (χ3n) is 5.77. The predicted molar refractivity (Wildman–Crippen MR) is 118 cm³/mol. The lowest BCUT2D eigenvalue weighted by molar-refractivity contribution is 0.421. The van der Waals surface area contributed by atoms with Crippen molar-refractivity contribution in [2.75, 3.05) is 18.4 Å². The molecule has 2 fully saturated rings. The van der Waals surface area contributed by atoms with E-state index in [1.807, 2.05) is 25.3 Å². The highest BCUT2D eigenvalue weighted by molar-refractivity contribution is 5.63. The van der Waals surface area contributed by atoms with Crippen LogP contribution >= 0.6 is 0 Å². The highest BCUT2D eigenvalue weighted by atomic mass is 16.1. The average Bonchev–Trinajstić information content (AvgIpc) is 3.11. The fourth-order valence-electron chi connectivity index (χ4n) is 3.98. The van der Waals surface area contributed by atoms with Crippen LogP contribution in [-0.4, -0.2) is 27.7 Å². The molecule has 3 heterocycles. The van der Waals surface area contributed by atoms with Crippen LogP contribution in [0.5, 0.6) is 0 Å². The van der Waals surface area contributed by atoms with Gasteiger partial charge in [-0.3, -0.25) is 4.79 Å². The molecule has 156 valence electrons. The molecule has 1 aliphatic carbocycles. The first-order valence-electron chi connectivity index (χ1n) is 10.7. The van der Waals surface area contributed by atoms with Crippen LogP contribution in [0.4, 0.5) is 11.5 Å². The Morgan fingerprint density at radius 3 is 2.53 bits per heavy atom. The molecule has 0 bridgehead atoms. The zero-order valence-electron chi connectivity index (χ0n) is 17.4. The number of benzene rings is 1. The van der Waals surface area contributed by atoms with Gasteiger partial charge < -0.3 is 15.6 Å². The number of nitrogens with one attached hydrogen (secondary N) is 3. The number of nitrogens with zero attached hydrogens (tertiary/aromatic N) is 3. The molecule has 1 saturated carbocycles. The Balaban J connectivity index is 0.000000313. The van der Waals surface area contributed by atoms with Gasteiger partial charge in [0, 0.05) is 17.3 Å². The van der Waals surface area contributed by atoms with Crippen LogP contribution in [0.1, 0.15) is 61.1 Å². The van der Waals surface area contributed by atoms with E-state index >= 15 is 0 Å². The lowest BCUT2D eigenvalue weighted by atomic mass is 9.81. The maximum absolute atomic E-state index is 12.1. The monoisotopic (exact) mass is 404 g/mol. The number of hydrogen-bond donors (Lipinski definition) is 3. The van der Waals surface area contributed by atoms with E-state index in [1.54, 1.807) is 10.6 Å². The van der Waals surface area contributed by atoms with Crippen LogP contribution in [0.2, 0.25) is 0 Å². The van der Waals surface area contributed by atoms with Gasteiger partial charge in [0.1, 0.15) is 11.5 Å². The highest BCUT2D eigenvalue weighted by Crippen LogP contribution is 2.38. The minimum absolute atomic E-state index is 0.167. The van der Waals surface area contributed by atoms with E-state index in [2.05, 4.69) is 26.8 Å². The number of aromatic amines is 1. The number of fused-ring (bicyclic) bond motifs is 1. The maximum Gasteiger partial charge on any atom is 0.253 e. The molecule has 7 nitrogen and oxygen atoms in total. The second-order valence-electron chi connectivity index (χ2n) is 8.14. The Morgan fingerprint density at radius 1 is 1.13 bits per heavy atom. The molecule has 0 spiro atoms. The van der Waals surface area contributed by atoms with Gasteiger partial charge in [0.05, 0.1) is 17.8 Å². The van der Waals surface area contributed by atoms with Crippen LogP contribution in [0.25, 0.3) is 5.65 Å². The van der Waals surface area contributed by atoms with E-state index in [4.69, 9.17) is 5.26 Å². The summed E-state index contributed by atoms with van der Waals surface area (Å²) in [4.78, 5) is 15.0. The lowest BCUT2D eigenvalue weighted by Gasteiger charge is -2.24. The topological polar surface area (TPSA) is 98.0 Å². The van der Waals surface area contributed by atoms with Gasteiger partial charge >= 0.3 is 0 Å². The molecular formula is C23H28N6O. The summed E-state index contributed by atoms with van der Waals surface area (Å²) in [6.45, 7) is 4.43. The summed E-state index contributed by atoms with van der Waals surface area (Å²) in [6, 6.07) is 9.15. The van der Waals surface area contributed by atoms with Crippen LogP contribution < -0.4 is 16.2 Å². The second kappa shape index (κ2) is 9.14. The minimum Gasteiger partial charge on any atom is -0.340 e. The van der Waals surface area contributed by atoms with E-state index in [9.17, 15) is 4.79 Å². The largest absolute Gasteiger partial charge is 0.340 e. The average molecular weight is 405 g/mol.